The van der Waals surface area contributed by atoms with E-state index in [4.69, 9.17) is 4.84 Å². The Balaban J connectivity index is 2.88. The average molecular weight is 273 g/mol. The van der Waals surface area contributed by atoms with E-state index in [-0.39, 0.29) is 0 Å². The minimum atomic E-state index is -0.440. The Labute approximate surface area is 97.3 Å². The lowest BCUT2D eigenvalue weighted by molar-refractivity contribution is -0.120. The highest BCUT2D eigenvalue weighted by atomic mass is 79.9. The number of aromatic nitrogens is 1. The minimum absolute atomic E-state index is 0.440. The maximum atomic E-state index is 10.8. The number of amides is 1. The third-order valence-electron chi connectivity index (χ3n) is 1.40. The highest BCUT2D eigenvalue weighted by Gasteiger charge is 2.18. The van der Waals surface area contributed by atoms with Crippen molar-refractivity contribution in [1.82, 2.24) is 4.98 Å². The number of rotatable bonds is 3. The molecule has 0 unspecified atom stereocenters. The second kappa shape index (κ2) is 4.72. The summed E-state index contributed by atoms with van der Waals surface area (Å²) in [5, 5.41) is 1.12. The first-order chi connectivity index (χ1) is 6.92. The number of carbonyl (C=O) groups excluding carboxylic acids is 1. The highest BCUT2D eigenvalue weighted by molar-refractivity contribution is 9.10. The van der Waals surface area contributed by atoms with Crippen molar-refractivity contribution in [3.8, 4) is 0 Å². The predicted molar refractivity (Wildman–Crippen MR) is 61.3 cm³/mol. The predicted octanol–water partition coefficient (Wildman–Crippen LogP) is 2.54. The van der Waals surface area contributed by atoms with Gasteiger partial charge in [0.1, 0.15) is 0 Å². The average Bonchev–Trinajstić information content (AvgIpc) is 2.13. The van der Waals surface area contributed by atoms with E-state index < -0.39 is 5.60 Å². The van der Waals surface area contributed by atoms with E-state index in [1.165, 1.54) is 0 Å². The smallest absolute Gasteiger partial charge is 0.239 e. The summed E-state index contributed by atoms with van der Waals surface area (Å²) >= 11 is 3.30. The summed E-state index contributed by atoms with van der Waals surface area (Å²) in [6, 6.07) is 3.49. The zero-order valence-electron chi connectivity index (χ0n) is 8.90. The standard InChI is InChI=1S/C10H13BrN2O2/c1-10(2,3)15-13(7-14)9-6-8(11)4-5-12-9/h4-7H,1-3H3. The number of pyridine rings is 1. The minimum Gasteiger partial charge on any atom is -0.276 e. The van der Waals surface area contributed by atoms with E-state index in [0.717, 1.165) is 9.54 Å². The number of nitrogens with zero attached hydrogens (tertiary/aromatic N) is 2. The Morgan fingerprint density at radius 2 is 2.20 bits per heavy atom. The second-order valence-corrected chi connectivity index (χ2v) is 4.88. The van der Waals surface area contributed by atoms with Crippen LogP contribution in [0.5, 0.6) is 0 Å². The van der Waals surface area contributed by atoms with Crippen LogP contribution >= 0.6 is 15.9 Å². The van der Waals surface area contributed by atoms with E-state index in [1.54, 1.807) is 18.3 Å². The van der Waals surface area contributed by atoms with Gasteiger partial charge in [-0.15, -0.1) is 0 Å². The van der Waals surface area contributed by atoms with E-state index in [9.17, 15) is 4.79 Å². The van der Waals surface area contributed by atoms with Crippen molar-refractivity contribution in [3.63, 3.8) is 0 Å². The lowest BCUT2D eigenvalue weighted by atomic mass is 10.2. The van der Waals surface area contributed by atoms with Crippen molar-refractivity contribution >= 4 is 28.2 Å². The molecular formula is C10H13BrN2O2. The molecule has 15 heavy (non-hydrogen) atoms. The lowest BCUT2D eigenvalue weighted by Crippen LogP contribution is -2.33. The normalized spacial score (nSPS) is 11.2. The van der Waals surface area contributed by atoms with Crippen molar-refractivity contribution in [2.45, 2.75) is 26.4 Å². The summed E-state index contributed by atoms with van der Waals surface area (Å²) < 4.78 is 0.844. The summed E-state index contributed by atoms with van der Waals surface area (Å²) in [5.74, 6) is 0.453. The van der Waals surface area contributed by atoms with Gasteiger partial charge in [0.25, 0.3) is 0 Å². The maximum absolute atomic E-state index is 10.8. The molecular weight excluding hydrogens is 260 g/mol. The van der Waals surface area contributed by atoms with Crippen molar-refractivity contribution < 1.29 is 9.63 Å². The zero-order valence-corrected chi connectivity index (χ0v) is 10.5. The topological polar surface area (TPSA) is 42.4 Å². The van der Waals surface area contributed by atoms with Crippen LogP contribution < -0.4 is 5.06 Å². The number of hydrogen-bond acceptors (Lipinski definition) is 3. The Morgan fingerprint density at radius 3 is 2.67 bits per heavy atom. The van der Waals surface area contributed by atoms with E-state index in [2.05, 4.69) is 20.9 Å². The third-order valence-corrected chi connectivity index (χ3v) is 1.89. The van der Waals surface area contributed by atoms with Crippen molar-refractivity contribution in [3.05, 3.63) is 22.8 Å². The van der Waals surface area contributed by atoms with Gasteiger partial charge in [0, 0.05) is 10.7 Å². The Hall–Kier alpha value is -0.940. The summed E-state index contributed by atoms with van der Waals surface area (Å²) in [6.07, 6.45) is 2.20. The summed E-state index contributed by atoms with van der Waals surface area (Å²) in [5.41, 5.74) is -0.440. The summed E-state index contributed by atoms with van der Waals surface area (Å²) in [6.45, 7) is 5.59. The fourth-order valence-corrected chi connectivity index (χ4v) is 1.25. The molecule has 1 aromatic heterocycles. The molecule has 5 heteroatoms. The SMILES string of the molecule is CC(C)(C)ON(C=O)c1cc(Br)ccn1. The van der Waals surface area contributed by atoms with E-state index in [1.807, 2.05) is 20.8 Å². The number of hydroxylamine groups is 1. The van der Waals surface area contributed by atoms with Gasteiger partial charge < -0.3 is 0 Å². The lowest BCUT2D eigenvalue weighted by Gasteiger charge is -2.25. The van der Waals surface area contributed by atoms with Gasteiger partial charge in [-0.05, 0) is 32.9 Å². The zero-order chi connectivity index (χ0) is 11.5. The molecule has 0 spiro atoms. The number of carbonyl (C=O) groups is 1. The first kappa shape index (κ1) is 12.1. The molecule has 1 rings (SSSR count). The monoisotopic (exact) mass is 272 g/mol. The van der Waals surface area contributed by atoms with Gasteiger partial charge in [-0.3, -0.25) is 9.63 Å². The third kappa shape index (κ3) is 3.97. The molecule has 0 fully saturated rings. The second-order valence-electron chi connectivity index (χ2n) is 3.97. The number of hydrogen-bond donors (Lipinski definition) is 0. The summed E-state index contributed by atoms with van der Waals surface area (Å²) in [4.78, 5) is 20.3. The van der Waals surface area contributed by atoms with Crippen LogP contribution in [0.25, 0.3) is 0 Å². The molecule has 0 aromatic carbocycles. The fraction of sp³-hybridized carbons (Fsp3) is 0.400. The van der Waals surface area contributed by atoms with Crippen molar-refractivity contribution in [2.75, 3.05) is 5.06 Å². The first-order valence-corrected chi connectivity index (χ1v) is 5.27. The Bertz CT molecular complexity index is 350. The number of anilines is 1. The van der Waals surface area contributed by atoms with Gasteiger partial charge in [-0.2, -0.15) is 5.06 Å². The van der Waals surface area contributed by atoms with Crippen LogP contribution in [-0.2, 0) is 9.63 Å². The summed E-state index contributed by atoms with van der Waals surface area (Å²) in [7, 11) is 0. The molecule has 0 saturated heterocycles. The first-order valence-electron chi connectivity index (χ1n) is 4.47. The molecule has 0 aliphatic rings. The van der Waals surface area contributed by atoms with Crippen LogP contribution in [0.3, 0.4) is 0 Å². The van der Waals surface area contributed by atoms with Gasteiger partial charge >= 0.3 is 0 Å². The molecule has 0 radical (unpaired) electrons. The van der Waals surface area contributed by atoms with Gasteiger partial charge in [-0.1, -0.05) is 15.9 Å². The molecule has 0 aliphatic heterocycles. The van der Waals surface area contributed by atoms with Gasteiger partial charge in [0.2, 0.25) is 6.41 Å². The molecule has 0 N–H and O–H groups in total. The molecule has 1 amide bonds. The fourth-order valence-electron chi connectivity index (χ4n) is 0.931. The quantitative estimate of drug-likeness (QED) is 0.627. The molecule has 0 bridgehead atoms. The molecule has 0 saturated carbocycles. The molecule has 1 heterocycles. The Morgan fingerprint density at radius 1 is 1.53 bits per heavy atom. The van der Waals surface area contributed by atoms with Crippen molar-refractivity contribution in [2.24, 2.45) is 0 Å². The maximum Gasteiger partial charge on any atom is 0.239 e. The van der Waals surface area contributed by atoms with Crippen LogP contribution in [0.1, 0.15) is 20.8 Å². The molecule has 0 atom stereocenters. The highest BCUT2D eigenvalue weighted by Crippen LogP contribution is 2.19. The van der Waals surface area contributed by atoms with Crippen molar-refractivity contribution in [1.29, 1.82) is 0 Å². The Kier molecular flexibility index (Phi) is 3.82. The molecule has 1 aromatic rings. The van der Waals surface area contributed by atoms with E-state index in [0.29, 0.717) is 12.2 Å². The van der Waals surface area contributed by atoms with Gasteiger partial charge in [0.15, 0.2) is 5.82 Å². The van der Waals surface area contributed by atoms with Crippen LogP contribution in [0, 0.1) is 0 Å². The van der Waals surface area contributed by atoms with Gasteiger partial charge in [0.05, 0.1) is 5.60 Å². The van der Waals surface area contributed by atoms with Crippen LogP contribution in [-0.4, -0.2) is 17.0 Å². The number of halogens is 1. The molecule has 4 nitrogen and oxygen atoms in total. The van der Waals surface area contributed by atoms with Crippen LogP contribution in [0.4, 0.5) is 5.82 Å². The van der Waals surface area contributed by atoms with E-state index >= 15 is 0 Å². The van der Waals surface area contributed by atoms with Gasteiger partial charge in [-0.25, -0.2) is 4.98 Å². The van der Waals surface area contributed by atoms with Crippen LogP contribution in [0.2, 0.25) is 0 Å². The largest absolute Gasteiger partial charge is 0.276 e. The molecule has 0 aliphatic carbocycles. The van der Waals surface area contributed by atoms with Crippen LogP contribution in [0.15, 0.2) is 22.8 Å². The molecule has 82 valence electrons.